The highest BCUT2D eigenvalue weighted by Crippen LogP contribution is 2.46. The molecule has 8 nitrogen and oxygen atoms in total. The van der Waals surface area contributed by atoms with E-state index in [1.165, 1.54) is 11.8 Å². The van der Waals surface area contributed by atoms with Crippen LogP contribution in [0.2, 0.25) is 0 Å². The predicted molar refractivity (Wildman–Crippen MR) is 119 cm³/mol. The molecule has 1 unspecified atom stereocenters. The third kappa shape index (κ3) is 3.96. The van der Waals surface area contributed by atoms with E-state index in [-0.39, 0.29) is 0 Å². The predicted octanol–water partition coefficient (Wildman–Crippen LogP) is 4.35. The minimum atomic E-state index is -0.619. The van der Waals surface area contributed by atoms with Gasteiger partial charge in [-0.3, -0.25) is 0 Å². The minimum absolute atomic E-state index is 0.376. The van der Waals surface area contributed by atoms with Gasteiger partial charge in [0, 0.05) is 17.0 Å². The molecule has 1 aliphatic heterocycles. The first kappa shape index (κ1) is 20.8. The normalized spacial score (nSPS) is 14.2. The number of para-hydroxylation sites is 1. The van der Waals surface area contributed by atoms with Crippen LogP contribution in [0.15, 0.2) is 54.2 Å². The lowest BCUT2D eigenvalue weighted by Gasteiger charge is -2.23. The minimum Gasteiger partial charge on any atom is -0.493 e. The lowest BCUT2D eigenvalue weighted by atomic mass is 10.1. The summed E-state index contributed by atoms with van der Waals surface area (Å²) in [6.07, 6.45) is 1.17. The van der Waals surface area contributed by atoms with Gasteiger partial charge in [0.2, 0.25) is 23.0 Å². The SMILES string of the molecule is C=CCSc1nnc2c(n1)OC(c1ccc(OC)c(OC)c1OC)Nc1ccccc1-2. The standard InChI is InChI=1S/C22H22N4O4S/c1-5-12-31-22-24-21-17(25-26-22)13-8-6-7-9-15(13)23-20(30-21)14-10-11-16(27-2)19(29-4)18(14)28-3/h5-11,20,23H,1,12H2,2-4H3. The highest BCUT2D eigenvalue weighted by atomic mass is 32.2. The average Bonchev–Trinajstić information content (AvgIpc) is 2.97. The van der Waals surface area contributed by atoms with Crippen LogP contribution >= 0.6 is 11.8 Å². The molecular weight excluding hydrogens is 416 g/mol. The van der Waals surface area contributed by atoms with Crippen LogP contribution in [0.25, 0.3) is 11.3 Å². The first-order chi connectivity index (χ1) is 15.2. The second kappa shape index (κ2) is 9.13. The molecule has 0 saturated heterocycles. The molecule has 0 spiro atoms. The number of rotatable bonds is 7. The van der Waals surface area contributed by atoms with E-state index in [0.717, 1.165) is 16.8 Å². The van der Waals surface area contributed by atoms with Gasteiger partial charge in [-0.2, -0.15) is 4.98 Å². The van der Waals surface area contributed by atoms with E-state index in [1.54, 1.807) is 27.4 Å². The quantitative estimate of drug-likeness (QED) is 0.427. The molecule has 9 heteroatoms. The second-order valence-electron chi connectivity index (χ2n) is 6.46. The molecule has 1 aliphatic rings. The van der Waals surface area contributed by atoms with Gasteiger partial charge in [0.15, 0.2) is 17.2 Å². The van der Waals surface area contributed by atoms with Crippen LogP contribution in [-0.4, -0.2) is 42.3 Å². The van der Waals surface area contributed by atoms with Crippen molar-refractivity contribution < 1.29 is 18.9 Å². The third-order valence-electron chi connectivity index (χ3n) is 4.68. The van der Waals surface area contributed by atoms with E-state index >= 15 is 0 Å². The van der Waals surface area contributed by atoms with Crippen molar-refractivity contribution in [3.63, 3.8) is 0 Å². The van der Waals surface area contributed by atoms with Crippen molar-refractivity contribution >= 4 is 17.4 Å². The molecule has 0 aliphatic carbocycles. The molecule has 0 saturated carbocycles. The fourth-order valence-corrected chi connectivity index (χ4v) is 3.83. The molecule has 160 valence electrons. The number of nitrogens with one attached hydrogen (secondary N) is 1. The Morgan fingerprint density at radius 3 is 2.61 bits per heavy atom. The summed E-state index contributed by atoms with van der Waals surface area (Å²) >= 11 is 1.43. The molecule has 1 N–H and O–H groups in total. The molecule has 0 amide bonds. The Hall–Kier alpha value is -3.46. The van der Waals surface area contributed by atoms with E-state index in [9.17, 15) is 0 Å². The van der Waals surface area contributed by atoms with Gasteiger partial charge in [-0.25, -0.2) is 0 Å². The summed E-state index contributed by atoms with van der Waals surface area (Å²) in [6, 6.07) is 11.5. The third-order valence-corrected chi connectivity index (χ3v) is 5.51. The average molecular weight is 439 g/mol. The fraction of sp³-hybridized carbons (Fsp3) is 0.227. The number of ether oxygens (including phenoxy) is 4. The fourth-order valence-electron chi connectivity index (χ4n) is 3.31. The summed E-state index contributed by atoms with van der Waals surface area (Å²) < 4.78 is 22.9. The van der Waals surface area contributed by atoms with Crippen molar-refractivity contribution in [3.8, 4) is 34.4 Å². The lowest BCUT2D eigenvalue weighted by Crippen LogP contribution is -2.18. The number of benzene rings is 2. The maximum absolute atomic E-state index is 6.32. The summed E-state index contributed by atoms with van der Waals surface area (Å²) in [5.74, 6) is 2.59. The highest BCUT2D eigenvalue weighted by Gasteiger charge is 2.30. The van der Waals surface area contributed by atoms with Gasteiger partial charge in [0.05, 0.1) is 26.9 Å². The molecule has 4 rings (SSSR count). The van der Waals surface area contributed by atoms with Crippen molar-refractivity contribution in [1.82, 2.24) is 15.2 Å². The second-order valence-corrected chi connectivity index (χ2v) is 7.45. The maximum atomic E-state index is 6.32. The smallest absolute Gasteiger partial charge is 0.247 e. The summed E-state index contributed by atoms with van der Waals surface area (Å²) in [5.41, 5.74) is 2.97. The molecule has 0 radical (unpaired) electrons. The van der Waals surface area contributed by atoms with Crippen LogP contribution in [0.4, 0.5) is 5.69 Å². The van der Waals surface area contributed by atoms with Gasteiger partial charge in [-0.1, -0.05) is 36.0 Å². The largest absolute Gasteiger partial charge is 0.493 e. The van der Waals surface area contributed by atoms with Gasteiger partial charge in [0.1, 0.15) is 0 Å². The monoisotopic (exact) mass is 438 g/mol. The van der Waals surface area contributed by atoms with Crippen molar-refractivity contribution in [2.45, 2.75) is 11.4 Å². The van der Waals surface area contributed by atoms with E-state index in [4.69, 9.17) is 18.9 Å². The number of hydrogen-bond donors (Lipinski definition) is 1. The summed E-state index contributed by atoms with van der Waals surface area (Å²) in [5, 5.41) is 12.6. The van der Waals surface area contributed by atoms with Gasteiger partial charge in [-0.05, 0) is 18.2 Å². The maximum Gasteiger partial charge on any atom is 0.247 e. The molecule has 1 aromatic heterocycles. The number of nitrogens with zero attached hydrogens (tertiary/aromatic N) is 3. The van der Waals surface area contributed by atoms with E-state index in [1.807, 2.05) is 36.4 Å². The van der Waals surface area contributed by atoms with Gasteiger partial charge in [-0.15, -0.1) is 16.8 Å². The van der Waals surface area contributed by atoms with Crippen molar-refractivity contribution in [1.29, 1.82) is 0 Å². The summed E-state index contributed by atoms with van der Waals surface area (Å²) in [6.45, 7) is 3.74. The summed E-state index contributed by atoms with van der Waals surface area (Å²) in [7, 11) is 4.72. The lowest BCUT2D eigenvalue weighted by molar-refractivity contribution is 0.217. The molecule has 2 heterocycles. The number of aromatic nitrogens is 3. The molecule has 1 atom stereocenters. The number of thioether (sulfide) groups is 1. The van der Waals surface area contributed by atoms with Gasteiger partial charge >= 0.3 is 0 Å². The van der Waals surface area contributed by atoms with Crippen LogP contribution in [0.1, 0.15) is 11.8 Å². The first-order valence-electron chi connectivity index (χ1n) is 9.50. The summed E-state index contributed by atoms with van der Waals surface area (Å²) in [4.78, 5) is 4.60. The molecular formula is C22H22N4O4S. The Morgan fingerprint density at radius 1 is 1.06 bits per heavy atom. The topological polar surface area (TPSA) is 87.6 Å². The van der Waals surface area contributed by atoms with Crippen molar-refractivity contribution in [2.75, 3.05) is 32.4 Å². The van der Waals surface area contributed by atoms with Crippen molar-refractivity contribution in [2.24, 2.45) is 0 Å². The Bertz CT molecular complexity index is 1110. The molecule has 3 aromatic rings. The molecule has 0 bridgehead atoms. The van der Waals surface area contributed by atoms with Crippen LogP contribution in [0.5, 0.6) is 23.1 Å². The van der Waals surface area contributed by atoms with Crippen LogP contribution < -0.4 is 24.3 Å². The van der Waals surface area contributed by atoms with Gasteiger partial charge in [0.25, 0.3) is 0 Å². The molecule has 2 aromatic carbocycles. The van der Waals surface area contributed by atoms with E-state index < -0.39 is 6.23 Å². The first-order valence-corrected chi connectivity index (χ1v) is 10.5. The molecule has 0 fully saturated rings. The van der Waals surface area contributed by atoms with E-state index in [2.05, 4.69) is 27.1 Å². The zero-order valence-corrected chi connectivity index (χ0v) is 18.2. The Kier molecular flexibility index (Phi) is 6.13. The van der Waals surface area contributed by atoms with Crippen molar-refractivity contribution in [3.05, 3.63) is 54.6 Å². The number of fused-ring (bicyclic) bond motifs is 3. The zero-order valence-electron chi connectivity index (χ0n) is 17.4. The number of hydrogen-bond acceptors (Lipinski definition) is 9. The van der Waals surface area contributed by atoms with Crippen LogP contribution in [0.3, 0.4) is 0 Å². The Morgan fingerprint density at radius 2 is 1.87 bits per heavy atom. The Balaban J connectivity index is 1.84. The zero-order chi connectivity index (χ0) is 21.8. The Labute approximate surface area is 184 Å². The van der Waals surface area contributed by atoms with Gasteiger partial charge < -0.3 is 24.3 Å². The highest BCUT2D eigenvalue weighted by molar-refractivity contribution is 7.99. The van der Waals surface area contributed by atoms with Crippen LogP contribution in [-0.2, 0) is 0 Å². The number of methoxy groups -OCH3 is 3. The van der Waals surface area contributed by atoms with E-state index in [0.29, 0.717) is 39.7 Å². The molecule has 31 heavy (non-hydrogen) atoms. The number of anilines is 1. The van der Waals surface area contributed by atoms with Crippen LogP contribution in [0, 0.1) is 0 Å².